The van der Waals surface area contributed by atoms with Gasteiger partial charge >= 0.3 is 5.97 Å². The quantitative estimate of drug-likeness (QED) is 0.298. The lowest BCUT2D eigenvalue weighted by Crippen LogP contribution is -2.44. The van der Waals surface area contributed by atoms with Crippen LogP contribution in [0.4, 0.5) is 10.1 Å². The standard InChI is InChI=1S/C28H25FN2O6/c1-15(2)24(28(34)35)31-26(32)17-9-7-16(8-10-17)18-11-12-21(20(29)13-18)30-27(33)23-14-19-5-4-6-22(36-3)25(19)37-23/h4-15,24H,1-3H3,(H,30,33)(H,31,32)(H,34,35)/t24-/m0/s1. The predicted molar refractivity (Wildman–Crippen MR) is 136 cm³/mol. The number of methoxy groups -OCH3 is 1. The Morgan fingerprint density at radius 1 is 0.946 bits per heavy atom. The van der Waals surface area contributed by atoms with E-state index in [1.165, 1.54) is 31.4 Å². The number of benzene rings is 3. The Hall–Kier alpha value is -4.66. The van der Waals surface area contributed by atoms with Gasteiger partial charge in [-0.2, -0.15) is 0 Å². The third-order valence-corrected chi connectivity index (χ3v) is 5.87. The summed E-state index contributed by atoms with van der Waals surface area (Å²) in [4.78, 5) is 36.4. The van der Waals surface area contributed by atoms with E-state index >= 15 is 0 Å². The molecule has 0 spiro atoms. The number of nitrogens with one attached hydrogen (secondary N) is 2. The lowest BCUT2D eigenvalue weighted by atomic mass is 10.0. The third kappa shape index (κ3) is 5.45. The molecule has 3 N–H and O–H groups in total. The number of carboxylic acid groups (broad SMARTS) is 1. The zero-order valence-electron chi connectivity index (χ0n) is 20.4. The first-order valence-corrected chi connectivity index (χ1v) is 11.5. The highest BCUT2D eigenvalue weighted by atomic mass is 19.1. The van der Waals surface area contributed by atoms with Crippen LogP contribution in [0.2, 0.25) is 0 Å². The van der Waals surface area contributed by atoms with E-state index in [9.17, 15) is 23.9 Å². The molecule has 4 rings (SSSR count). The largest absolute Gasteiger partial charge is 0.493 e. The minimum atomic E-state index is -1.11. The third-order valence-electron chi connectivity index (χ3n) is 5.87. The van der Waals surface area contributed by atoms with Gasteiger partial charge < -0.3 is 24.9 Å². The van der Waals surface area contributed by atoms with Crippen LogP contribution in [-0.2, 0) is 4.79 Å². The Kier molecular flexibility index (Phi) is 7.24. The number of carbonyl (C=O) groups excluding carboxylic acids is 2. The fraction of sp³-hybridized carbons (Fsp3) is 0.179. The summed E-state index contributed by atoms with van der Waals surface area (Å²) in [6.45, 7) is 3.41. The smallest absolute Gasteiger partial charge is 0.326 e. The normalized spacial score (nSPS) is 11.8. The topological polar surface area (TPSA) is 118 Å². The van der Waals surface area contributed by atoms with Crippen molar-refractivity contribution in [3.05, 3.63) is 83.9 Å². The van der Waals surface area contributed by atoms with Gasteiger partial charge in [-0.3, -0.25) is 9.59 Å². The summed E-state index contributed by atoms with van der Waals surface area (Å²) in [6, 6.07) is 16.5. The molecule has 0 saturated heterocycles. The number of furan rings is 1. The Labute approximate surface area is 212 Å². The Bertz CT molecular complexity index is 1480. The van der Waals surface area contributed by atoms with Gasteiger partial charge in [0.15, 0.2) is 17.1 Å². The highest BCUT2D eigenvalue weighted by Crippen LogP contribution is 2.30. The fourth-order valence-corrected chi connectivity index (χ4v) is 3.84. The zero-order chi connectivity index (χ0) is 26.7. The van der Waals surface area contributed by atoms with Gasteiger partial charge in [0, 0.05) is 10.9 Å². The lowest BCUT2D eigenvalue weighted by molar-refractivity contribution is -0.140. The van der Waals surface area contributed by atoms with Gasteiger partial charge in [-0.1, -0.05) is 44.2 Å². The van der Waals surface area contributed by atoms with Crippen LogP contribution < -0.4 is 15.4 Å². The molecule has 1 aromatic heterocycles. The van der Waals surface area contributed by atoms with Crippen LogP contribution in [0.15, 0.2) is 71.1 Å². The van der Waals surface area contributed by atoms with Crippen LogP contribution in [-0.4, -0.2) is 36.0 Å². The van der Waals surface area contributed by atoms with E-state index in [2.05, 4.69) is 10.6 Å². The van der Waals surface area contributed by atoms with Crippen LogP contribution >= 0.6 is 0 Å². The molecule has 1 atom stereocenters. The molecule has 8 nitrogen and oxygen atoms in total. The first-order chi connectivity index (χ1) is 17.7. The molecule has 0 bridgehead atoms. The van der Waals surface area contributed by atoms with Crippen LogP contribution in [0.25, 0.3) is 22.1 Å². The number of carbonyl (C=O) groups is 3. The van der Waals surface area contributed by atoms with Gasteiger partial charge in [-0.05, 0) is 53.4 Å². The number of hydrogen-bond acceptors (Lipinski definition) is 5. The number of para-hydroxylation sites is 1. The summed E-state index contributed by atoms with van der Waals surface area (Å²) in [5.74, 6) is -2.67. The number of fused-ring (bicyclic) bond motifs is 1. The van der Waals surface area contributed by atoms with Gasteiger partial charge in [-0.25, -0.2) is 9.18 Å². The molecular formula is C28H25FN2O6. The van der Waals surface area contributed by atoms with Crippen LogP contribution in [0.3, 0.4) is 0 Å². The van der Waals surface area contributed by atoms with Gasteiger partial charge in [0.2, 0.25) is 0 Å². The predicted octanol–water partition coefficient (Wildman–Crippen LogP) is 5.34. The maximum Gasteiger partial charge on any atom is 0.326 e. The lowest BCUT2D eigenvalue weighted by Gasteiger charge is -2.18. The maximum absolute atomic E-state index is 14.9. The SMILES string of the molecule is COc1cccc2cc(C(=O)Nc3ccc(-c4ccc(C(=O)N[C@H](C(=O)O)C(C)C)cc4)cc3F)oc12. The number of hydrogen-bond donors (Lipinski definition) is 3. The number of rotatable bonds is 8. The van der Waals surface area contributed by atoms with Crippen LogP contribution in [0.5, 0.6) is 5.75 Å². The molecule has 2 amide bonds. The van der Waals surface area contributed by atoms with E-state index in [0.29, 0.717) is 27.8 Å². The van der Waals surface area contributed by atoms with E-state index in [1.54, 1.807) is 56.3 Å². The van der Waals surface area contributed by atoms with Crippen molar-refractivity contribution in [2.24, 2.45) is 5.92 Å². The molecule has 0 unspecified atom stereocenters. The molecule has 0 radical (unpaired) electrons. The van der Waals surface area contributed by atoms with E-state index in [-0.39, 0.29) is 22.9 Å². The molecule has 190 valence electrons. The Morgan fingerprint density at radius 3 is 2.27 bits per heavy atom. The summed E-state index contributed by atoms with van der Waals surface area (Å²) < 4.78 is 25.7. The van der Waals surface area contributed by atoms with E-state index in [1.807, 2.05) is 0 Å². The molecule has 37 heavy (non-hydrogen) atoms. The Balaban J connectivity index is 1.47. The number of ether oxygens (including phenoxy) is 1. The van der Waals surface area contributed by atoms with Crippen molar-refractivity contribution in [2.45, 2.75) is 19.9 Å². The second kappa shape index (κ2) is 10.5. The van der Waals surface area contributed by atoms with E-state index < -0.39 is 29.6 Å². The summed E-state index contributed by atoms with van der Waals surface area (Å²) in [5, 5.41) is 15.0. The minimum absolute atomic E-state index is 0.0134. The number of halogens is 1. The average Bonchev–Trinajstić information content (AvgIpc) is 3.33. The van der Waals surface area contributed by atoms with Crippen molar-refractivity contribution in [3.63, 3.8) is 0 Å². The van der Waals surface area contributed by atoms with Gasteiger partial charge in [0.05, 0.1) is 12.8 Å². The van der Waals surface area contributed by atoms with Crippen molar-refractivity contribution >= 4 is 34.4 Å². The van der Waals surface area contributed by atoms with Gasteiger partial charge in [-0.15, -0.1) is 0 Å². The first kappa shape index (κ1) is 25.4. The van der Waals surface area contributed by atoms with Crippen molar-refractivity contribution in [1.82, 2.24) is 5.32 Å². The molecule has 0 aliphatic heterocycles. The summed E-state index contributed by atoms with van der Waals surface area (Å²) in [6.07, 6.45) is 0. The summed E-state index contributed by atoms with van der Waals surface area (Å²) in [5.41, 5.74) is 1.84. The van der Waals surface area contributed by atoms with Crippen molar-refractivity contribution in [2.75, 3.05) is 12.4 Å². The van der Waals surface area contributed by atoms with Crippen LogP contribution in [0, 0.1) is 11.7 Å². The highest BCUT2D eigenvalue weighted by Gasteiger charge is 2.24. The molecule has 4 aromatic rings. The first-order valence-electron chi connectivity index (χ1n) is 11.5. The second-order valence-corrected chi connectivity index (χ2v) is 8.75. The molecule has 0 aliphatic rings. The number of aliphatic carboxylic acids is 1. The monoisotopic (exact) mass is 504 g/mol. The van der Waals surface area contributed by atoms with Crippen molar-refractivity contribution < 1.29 is 33.0 Å². The molecule has 0 aliphatic carbocycles. The molecule has 3 aromatic carbocycles. The second-order valence-electron chi connectivity index (χ2n) is 8.75. The average molecular weight is 505 g/mol. The molecule has 1 heterocycles. The van der Waals surface area contributed by atoms with Gasteiger partial charge in [0.25, 0.3) is 11.8 Å². The van der Waals surface area contributed by atoms with Crippen LogP contribution in [0.1, 0.15) is 34.8 Å². The van der Waals surface area contributed by atoms with E-state index in [4.69, 9.17) is 9.15 Å². The summed E-state index contributed by atoms with van der Waals surface area (Å²) >= 11 is 0. The Morgan fingerprint density at radius 2 is 1.65 bits per heavy atom. The molecular weight excluding hydrogens is 479 g/mol. The fourth-order valence-electron chi connectivity index (χ4n) is 3.84. The van der Waals surface area contributed by atoms with E-state index in [0.717, 1.165) is 0 Å². The minimum Gasteiger partial charge on any atom is -0.493 e. The maximum atomic E-state index is 14.9. The molecule has 0 saturated carbocycles. The van der Waals surface area contributed by atoms with Crippen molar-refractivity contribution in [1.29, 1.82) is 0 Å². The highest BCUT2D eigenvalue weighted by molar-refractivity contribution is 6.05. The molecule has 9 heteroatoms. The zero-order valence-corrected chi connectivity index (χ0v) is 20.4. The van der Waals surface area contributed by atoms with Crippen molar-refractivity contribution in [3.8, 4) is 16.9 Å². The number of anilines is 1. The number of amides is 2. The summed E-state index contributed by atoms with van der Waals surface area (Å²) in [7, 11) is 1.50. The number of carboxylic acids is 1. The van der Waals surface area contributed by atoms with Gasteiger partial charge in [0.1, 0.15) is 11.9 Å². The molecule has 0 fully saturated rings.